The number of hydrogen-bond acceptors (Lipinski definition) is 3. The van der Waals surface area contributed by atoms with E-state index in [2.05, 4.69) is 36.0 Å². The summed E-state index contributed by atoms with van der Waals surface area (Å²) in [5.74, 6) is 0.0996. The summed E-state index contributed by atoms with van der Waals surface area (Å²) < 4.78 is 0. The van der Waals surface area contributed by atoms with Crippen molar-refractivity contribution in [3.8, 4) is 0 Å². The first-order valence-electron chi connectivity index (χ1n) is 9.17. The number of carbonyl (C=O) groups excluding carboxylic acids is 1. The lowest BCUT2D eigenvalue weighted by atomic mass is 10.0. The molecule has 2 aromatic rings. The molecule has 0 unspecified atom stereocenters. The smallest absolute Gasteiger partial charge is 0.253 e. The summed E-state index contributed by atoms with van der Waals surface area (Å²) in [7, 11) is 6.27. The van der Waals surface area contributed by atoms with Crippen LogP contribution in [0, 0.1) is 0 Å². The molecule has 0 spiro atoms. The molecule has 25 heavy (non-hydrogen) atoms. The molecule has 134 valence electrons. The molecule has 4 heteroatoms. The van der Waals surface area contributed by atoms with Crippen LogP contribution >= 0.6 is 0 Å². The molecule has 0 aliphatic carbocycles. The van der Waals surface area contributed by atoms with Crippen molar-refractivity contribution in [2.75, 3.05) is 47.3 Å². The molecule has 1 amide bonds. The van der Waals surface area contributed by atoms with Gasteiger partial charge in [-0.05, 0) is 62.9 Å². The van der Waals surface area contributed by atoms with Gasteiger partial charge in [-0.2, -0.15) is 0 Å². The number of piperidine rings is 1. The number of amides is 1. The quantitative estimate of drug-likeness (QED) is 0.838. The molecule has 0 atom stereocenters. The highest BCUT2D eigenvalue weighted by Crippen LogP contribution is 2.17. The van der Waals surface area contributed by atoms with E-state index >= 15 is 0 Å². The van der Waals surface area contributed by atoms with Crippen molar-refractivity contribution in [3.63, 3.8) is 0 Å². The van der Waals surface area contributed by atoms with Gasteiger partial charge in [0.2, 0.25) is 0 Å². The van der Waals surface area contributed by atoms with Gasteiger partial charge in [0.15, 0.2) is 0 Å². The highest BCUT2D eigenvalue weighted by atomic mass is 16.2. The van der Waals surface area contributed by atoms with Crippen LogP contribution < -0.4 is 0 Å². The topological polar surface area (TPSA) is 26.8 Å². The van der Waals surface area contributed by atoms with E-state index in [1.807, 2.05) is 42.3 Å². The number of rotatable bonds is 5. The minimum atomic E-state index is 0.0996. The number of hydrogen-bond donors (Lipinski definition) is 0. The number of fused-ring (bicyclic) bond motifs is 1. The molecule has 1 fully saturated rings. The fraction of sp³-hybridized carbons (Fsp3) is 0.476. The third-order valence-electron chi connectivity index (χ3n) is 5.44. The Balaban J connectivity index is 1.56. The molecule has 1 heterocycles. The van der Waals surface area contributed by atoms with Crippen LogP contribution in [-0.2, 0) is 0 Å². The third kappa shape index (κ3) is 4.39. The zero-order valence-corrected chi connectivity index (χ0v) is 15.6. The summed E-state index contributed by atoms with van der Waals surface area (Å²) in [6.45, 7) is 4.01. The molecule has 4 nitrogen and oxygen atoms in total. The fourth-order valence-electron chi connectivity index (χ4n) is 3.57. The van der Waals surface area contributed by atoms with Gasteiger partial charge >= 0.3 is 0 Å². The van der Waals surface area contributed by atoms with Gasteiger partial charge in [-0.3, -0.25) is 4.79 Å². The highest BCUT2D eigenvalue weighted by Gasteiger charge is 2.21. The van der Waals surface area contributed by atoms with Crippen molar-refractivity contribution in [2.45, 2.75) is 18.9 Å². The van der Waals surface area contributed by atoms with E-state index in [1.54, 1.807) is 0 Å². The molecule has 0 bridgehead atoms. The van der Waals surface area contributed by atoms with Crippen molar-refractivity contribution in [2.24, 2.45) is 0 Å². The number of nitrogens with zero attached hydrogens (tertiary/aromatic N) is 3. The van der Waals surface area contributed by atoms with Crippen LogP contribution in [0.5, 0.6) is 0 Å². The molecule has 1 aliphatic heterocycles. The van der Waals surface area contributed by atoms with Gasteiger partial charge in [-0.1, -0.05) is 30.3 Å². The van der Waals surface area contributed by atoms with Crippen LogP contribution in [-0.4, -0.2) is 74.0 Å². The summed E-state index contributed by atoms with van der Waals surface area (Å²) in [6.07, 6.45) is 2.44. The van der Waals surface area contributed by atoms with Gasteiger partial charge in [-0.15, -0.1) is 0 Å². The average Bonchev–Trinajstić information content (AvgIpc) is 2.65. The summed E-state index contributed by atoms with van der Waals surface area (Å²) in [5.41, 5.74) is 0.767. The minimum Gasteiger partial charge on any atom is -0.340 e. The second-order valence-electron chi connectivity index (χ2n) is 7.30. The first-order chi connectivity index (χ1) is 12.0. The van der Waals surface area contributed by atoms with Crippen molar-refractivity contribution < 1.29 is 4.79 Å². The Hall–Kier alpha value is -1.91. The molecule has 0 saturated carbocycles. The first kappa shape index (κ1) is 17.9. The molecule has 0 N–H and O–H groups in total. The lowest BCUT2D eigenvalue weighted by Crippen LogP contribution is -2.44. The Bertz CT molecular complexity index is 722. The van der Waals surface area contributed by atoms with E-state index in [0.717, 1.165) is 24.0 Å². The zero-order valence-electron chi connectivity index (χ0n) is 15.6. The maximum Gasteiger partial charge on any atom is 0.253 e. The van der Waals surface area contributed by atoms with Crippen LogP contribution in [0.1, 0.15) is 23.2 Å². The van der Waals surface area contributed by atoms with Crippen LogP contribution in [0.3, 0.4) is 0 Å². The Labute approximate surface area is 151 Å². The second kappa shape index (κ2) is 7.98. The molecule has 1 saturated heterocycles. The number of benzene rings is 2. The van der Waals surface area contributed by atoms with Gasteiger partial charge in [0.1, 0.15) is 0 Å². The van der Waals surface area contributed by atoms with Crippen LogP contribution in [0.2, 0.25) is 0 Å². The van der Waals surface area contributed by atoms with E-state index in [-0.39, 0.29) is 5.91 Å². The van der Waals surface area contributed by atoms with E-state index in [9.17, 15) is 4.79 Å². The monoisotopic (exact) mass is 339 g/mol. The lowest BCUT2D eigenvalue weighted by molar-refractivity contribution is 0.0758. The molecular weight excluding hydrogens is 310 g/mol. The predicted octanol–water partition coefficient (Wildman–Crippen LogP) is 2.94. The summed E-state index contributed by atoms with van der Waals surface area (Å²) in [4.78, 5) is 19.4. The normalized spacial score (nSPS) is 16.5. The summed E-state index contributed by atoms with van der Waals surface area (Å²) in [5, 5.41) is 2.29. The van der Waals surface area contributed by atoms with E-state index in [1.165, 1.54) is 31.3 Å². The van der Waals surface area contributed by atoms with Crippen LogP contribution in [0.4, 0.5) is 0 Å². The maximum atomic E-state index is 12.7. The molecule has 1 aliphatic rings. The Morgan fingerprint density at radius 3 is 2.44 bits per heavy atom. The highest BCUT2D eigenvalue weighted by molar-refractivity contribution is 5.98. The average molecular weight is 339 g/mol. The van der Waals surface area contributed by atoms with Crippen molar-refractivity contribution in [3.05, 3.63) is 48.0 Å². The molecule has 0 aromatic heterocycles. The van der Waals surface area contributed by atoms with Gasteiger partial charge in [0, 0.05) is 31.7 Å². The SMILES string of the molecule is CN1CCC(N(C)CCN(C)C(=O)c2ccc3ccccc3c2)CC1. The van der Waals surface area contributed by atoms with Gasteiger partial charge in [-0.25, -0.2) is 0 Å². The van der Waals surface area contributed by atoms with Gasteiger partial charge in [0.05, 0.1) is 0 Å². The number of likely N-dealkylation sites (N-methyl/N-ethyl adjacent to an activating group) is 2. The zero-order chi connectivity index (χ0) is 17.8. The van der Waals surface area contributed by atoms with E-state index in [4.69, 9.17) is 0 Å². The minimum absolute atomic E-state index is 0.0996. The molecule has 0 radical (unpaired) electrons. The number of carbonyl (C=O) groups is 1. The van der Waals surface area contributed by atoms with Crippen molar-refractivity contribution in [1.82, 2.24) is 14.7 Å². The molecule has 2 aromatic carbocycles. The summed E-state index contributed by atoms with van der Waals surface area (Å²) in [6, 6.07) is 14.8. The second-order valence-corrected chi connectivity index (χ2v) is 7.30. The van der Waals surface area contributed by atoms with Gasteiger partial charge < -0.3 is 14.7 Å². The van der Waals surface area contributed by atoms with E-state index in [0.29, 0.717) is 6.04 Å². The molecule has 3 rings (SSSR count). The Kier molecular flexibility index (Phi) is 5.71. The fourth-order valence-corrected chi connectivity index (χ4v) is 3.57. The summed E-state index contributed by atoms with van der Waals surface area (Å²) >= 11 is 0. The molecular formula is C21H29N3O. The predicted molar refractivity (Wildman–Crippen MR) is 104 cm³/mol. The maximum absolute atomic E-state index is 12.7. The number of likely N-dealkylation sites (tertiary alicyclic amines) is 1. The standard InChI is InChI=1S/C21H29N3O/c1-22-12-10-20(11-13-22)23(2)14-15-24(3)21(25)19-9-8-17-6-4-5-7-18(17)16-19/h4-9,16,20H,10-15H2,1-3H3. The van der Waals surface area contributed by atoms with Crippen LogP contribution in [0.25, 0.3) is 10.8 Å². The lowest BCUT2D eigenvalue weighted by Gasteiger charge is -2.35. The first-order valence-corrected chi connectivity index (χ1v) is 9.17. The van der Waals surface area contributed by atoms with Gasteiger partial charge in [0.25, 0.3) is 5.91 Å². The van der Waals surface area contributed by atoms with Crippen molar-refractivity contribution in [1.29, 1.82) is 0 Å². The Morgan fingerprint density at radius 1 is 1.04 bits per heavy atom. The van der Waals surface area contributed by atoms with E-state index < -0.39 is 0 Å². The van der Waals surface area contributed by atoms with Crippen molar-refractivity contribution >= 4 is 16.7 Å². The largest absolute Gasteiger partial charge is 0.340 e. The third-order valence-corrected chi connectivity index (χ3v) is 5.44. The van der Waals surface area contributed by atoms with Crippen LogP contribution in [0.15, 0.2) is 42.5 Å². The Morgan fingerprint density at radius 2 is 1.72 bits per heavy atom.